The van der Waals surface area contributed by atoms with E-state index in [0.29, 0.717) is 0 Å². The normalized spacial score (nSPS) is 11.8. The first-order valence-corrected chi connectivity index (χ1v) is 5.30. The van der Waals surface area contributed by atoms with Crippen LogP contribution in [0.25, 0.3) is 0 Å². The van der Waals surface area contributed by atoms with Crippen molar-refractivity contribution >= 4 is 6.09 Å². The van der Waals surface area contributed by atoms with Gasteiger partial charge in [-0.25, -0.2) is 15.6 Å². The lowest BCUT2D eigenvalue weighted by atomic mass is 10.2. The van der Waals surface area contributed by atoms with Crippen molar-refractivity contribution in [3.63, 3.8) is 0 Å². The van der Waals surface area contributed by atoms with Crippen molar-refractivity contribution in [2.24, 2.45) is 5.84 Å². The fraction of sp³-hybridized carbons (Fsp3) is 0.727. The third-order valence-electron chi connectivity index (χ3n) is 1.59. The van der Waals surface area contributed by atoms with Crippen LogP contribution in [0.2, 0.25) is 0 Å². The van der Waals surface area contributed by atoms with Crippen LogP contribution in [0.1, 0.15) is 47.0 Å². The maximum Gasteiger partial charge on any atom is 0.428 e. The monoisotopic (exact) mass is 214 g/mol. The predicted molar refractivity (Wildman–Crippen MR) is 60.9 cm³/mol. The topological polar surface area (TPSA) is 55.6 Å². The van der Waals surface area contributed by atoms with E-state index in [1.807, 2.05) is 6.08 Å². The molecule has 0 atom stereocenters. The highest BCUT2D eigenvalue weighted by molar-refractivity contribution is 5.68. The van der Waals surface area contributed by atoms with Gasteiger partial charge in [0.2, 0.25) is 0 Å². The number of allylic oxidation sites excluding steroid dienone is 1. The molecule has 0 bridgehead atoms. The Bertz CT molecular complexity index is 219. The predicted octanol–water partition coefficient (Wildman–Crippen LogP) is 2.80. The highest BCUT2D eigenvalue weighted by Crippen LogP contribution is 2.08. The molecular weight excluding hydrogens is 192 g/mol. The third kappa shape index (κ3) is 8.00. The summed E-state index contributed by atoms with van der Waals surface area (Å²) in [7, 11) is 0. The molecule has 0 saturated heterocycles. The SMILES string of the molecule is CCCC/C=C/N(N)C(=O)OC(C)(C)C. The number of carbonyl (C=O) groups excluding carboxylic acids is 1. The summed E-state index contributed by atoms with van der Waals surface area (Å²) in [5.41, 5.74) is -0.508. The van der Waals surface area contributed by atoms with Crippen molar-refractivity contribution in [3.8, 4) is 0 Å². The van der Waals surface area contributed by atoms with E-state index in [4.69, 9.17) is 10.6 Å². The van der Waals surface area contributed by atoms with Gasteiger partial charge in [-0.2, -0.15) is 0 Å². The highest BCUT2D eigenvalue weighted by Gasteiger charge is 2.18. The van der Waals surface area contributed by atoms with Gasteiger partial charge in [-0.3, -0.25) is 0 Å². The van der Waals surface area contributed by atoms with Gasteiger partial charge in [-0.05, 0) is 27.2 Å². The summed E-state index contributed by atoms with van der Waals surface area (Å²) in [5.74, 6) is 5.48. The van der Waals surface area contributed by atoms with Crippen molar-refractivity contribution in [2.75, 3.05) is 0 Å². The first-order chi connectivity index (χ1) is 6.87. The van der Waals surface area contributed by atoms with Gasteiger partial charge in [0.1, 0.15) is 5.60 Å². The molecule has 0 aromatic heterocycles. The van der Waals surface area contributed by atoms with Gasteiger partial charge in [0.05, 0.1) is 0 Å². The van der Waals surface area contributed by atoms with Crippen LogP contribution in [-0.2, 0) is 4.74 Å². The lowest BCUT2D eigenvalue weighted by molar-refractivity contribution is 0.0333. The van der Waals surface area contributed by atoms with Crippen molar-refractivity contribution in [1.82, 2.24) is 5.01 Å². The van der Waals surface area contributed by atoms with Gasteiger partial charge < -0.3 is 4.74 Å². The average molecular weight is 214 g/mol. The molecule has 1 amide bonds. The lowest BCUT2D eigenvalue weighted by Crippen LogP contribution is -2.37. The van der Waals surface area contributed by atoms with Crippen molar-refractivity contribution in [1.29, 1.82) is 0 Å². The number of nitrogens with zero attached hydrogens (tertiary/aromatic N) is 1. The van der Waals surface area contributed by atoms with Crippen LogP contribution in [0, 0.1) is 0 Å². The first-order valence-electron chi connectivity index (χ1n) is 5.30. The van der Waals surface area contributed by atoms with E-state index in [0.717, 1.165) is 24.3 Å². The molecule has 0 rings (SSSR count). The fourth-order valence-corrected chi connectivity index (χ4v) is 0.886. The number of amides is 1. The molecule has 0 aliphatic heterocycles. The number of hydrogen-bond donors (Lipinski definition) is 1. The lowest BCUT2D eigenvalue weighted by Gasteiger charge is -2.22. The van der Waals surface area contributed by atoms with E-state index in [1.165, 1.54) is 0 Å². The van der Waals surface area contributed by atoms with E-state index >= 15 is 0 Å². The maximum atomic E-state index is 11.3. The summed E-state index contributed by atoms with van der Waals surface area (Å²) in [5, 5.41) is 0.973. The van der Waals surface area contributed by atoms with Gasteiger partial charge >= 0.3 is 6.09 Å². The summed E-state index contributed by atoms with van der Waals surface area (Å²) < 4.78 is 5.07. The van der Waals surface area contributed by atoms with Crippen LogP contribution in [-0.4, -0.2) is 16.7 Å². The van der Waals surface area contributed by atoms with E-state index in [1.54, 1.807) is 27.0 Å². The second-order valence-electron chi connectivity index (χ2n) is 4.41. The smallest absolute Gasteiger partial charge is 0.428 e. The number of nitrogens with two attached hydrogens (primary N) is 1. The molecule has 0 unspecified atom stereocenters. The van der Waals surface area contributed by atoms with Crippen LogP contribution in [0.5, 0.6) is 0 Å². The Hall–Kier alpha value is -1.03. The zero-order valence-electron chi connectivity index (χ0n) is 10.1. The number of hydrogen-bond acceptors (Lipinski definition) is 3. The van der Waals surface area contributed by atoms with Crippen molar-refractivity contribution < 1.29 is 9.53 Å². The number of carbonyl (C=O) groups is 1. The van der Waals surface area contributed by atoms with Crippen LogP contribution in [0.3, 0.4) is 0 Å². The van der Waals surface area contributed by atoms with Gasteiger partial charge in [0.15, 0.2) is 0 Å². The van der Waals surface area contributed by atoms with Crippen molar-refractivity contribution in [2.45, 2.75) is 52.6 Å². The quantitative estimate of drug-likeness (QED) is 0.339. The van der Waals surface area contributed by atoms with E-state index in [9.17, 15) is 4.79 Å². The zero-order valence-corrected chi connectivity index (χ0v) is 10.1. The van der Waals surface area contributed by atoms with E-state index < -0.39 is 11.7 Å². The Kier molecular flexibility index (Phi) is 6.01. The Balaban J connectivity index is 3.94. The molecule has 0 saturated carbocycles. The number of ether oxygens (including phenoxy) is 1. The van der Waals surface area contributed by atoms with Gasteiger partial charge in [-0.1, -0.05) is 25.8 Å². The minimum absolute atomic E-state index is 0.508. The number of rotatable bonds is 4. The summed E-state index contributed by atoms with van der Waals surface area (Å²) in [6.45, 7) is 7.53. The zero-order chi connectivity index (χ0) is 11.9. The first kappa shape index (κ1) is 14.0. The molecule has 0 aliphatic rings. The standard InChI is InChI=1S/C11H22N2O2/c1-5-6-7-8-9-13(12)10(14)15-11(2,3)4/h8-9H,5-7,12H2,1-4H3/b9-8+. The molecule has 2 N–H and O–H groups in total. The summed E-state index contributed by atoms with van der Waals surface area (Å²) in [4.78, 5) is 11.3. The minimum Gasteiger partial charge on any atom is -0.443 e. The minimum atomic E-state index is -0.532. The second-order valence-corrected chi connectivity index (χ2v) is 4.41. The molecule has 88 valence electrons. The molecule has 0 aromatic carbocycles. The van der Waals surface area contributed by atoms with Crippen LogP contribution < -0.4 is 5.84 Å². The Morgan fingerprint density at radius 1 is 1.47 bits per heavy atom. The second kappa shape index (κ2) is 6.45. The van der Waals surface area contributed by atoms with Crippen molar-refractivity contribution in [3.05, 3.63) is 12.3 Å². The molecule has 0 spiro atoms. The summed E-state index contributed by atoms with van der Waals surface area (Å²) >= 11 is 0. The van der Waals surface area contributed by atoms with E-state index in [-0.39, 0.29) is 0 Å². The Labute approximate surface area is 92.0 Å². The summed E-state index contributed by atoms with van der Waals surface area (Å²) in [6.07, 6.45) is 6.03. The molecule has 15 heavy (non-hydrogen) atoms. The van der Waals surface area contributed by atoms with Gasteiger partial charge in [0, 0.05) is 6.20 Å². The molecule has 0 fully saturated rings. The third-order valence-corrected chi connectivity index (χ3v) is 1.59. The van der Waals surface area contributed by atoms with Crippen LogP contribution in [0.15, 0.2) is 12.3 Å². The number of hydrazine groups is 1. The van der Waals surface area contributed by atoms with Gasteiger partial charge in [0.25, 0.3) is 0 Å². The van der Waals surface area contributed by atoms with Crippen LogP contribution in [0.4, 0.5) is 4.79 Å². The van der Waals surface area contributed by atoms with Gasteiger partial charge in [-0.15, -0.1) is 0 Å². The summed E-state index contributed by atoms with van der Waals surface area (Å²) in [6, 6.07) is 0. The largest absolute Gasteiger partial charge is 0.443 e. The van der Waals surface area contributed by atoms with Crippen LogP contribution >= 0.6 is 0 Å². The Morgan fingerprint density at radius 3 is 2.53 bits per heavy atom. The number of unbranched alkanes of at least 4 members (excludes halogenated alkanes) is 2. The molecule has 4 heteroatoms. The fourth-order valence-electron chi connectivity index (χ4n) is 0.886. The Morgan fingerprint density at radius 2 is 2.07 bits per heavy atom. The molecule has 0 radical (unpaired) electrons. The molecule has 0 aliphatic carbocycles. The molecule has 0 aromatic rings. The average Bonchev–Trinajstić information content (AvgIpc) is 2.09. The maximum absolute atomic E-state index is 11.3. The molecule has 4 nitrogen and oxygen atoms in total. The van der Waals surface area contributed by atoms with E-state index in [2.05, 4.69) is 6.92 Å². The molecular formula is C11H22N2O2. The molecule has 0 heterocycles. The highest BCUT2D eigenvalue weighted by atomic mass is 16.6.